The SMILES string of the molecule is CS(=O)(=O)Oc1cc(C(=O)O[C@@H](Cc2c(Cl)c[nH+]cc2Cl)c2ccc(OC(F)F)c(OCC3CC3)c2)ccc1OCc1ccncc1. The number of carbonyl (C=O) groups excluding carboxylic acids is 1. The molecule has 0 amide bonds. The minimum atomic E-state index is -4.02. The van der Waals surface area contributed by atoms with Crippen LogP contribution in [0.15, 0.2) is 73.3 Å². The molecule has 0 radical (unpaired) electrons. The Morgan fingerprint density at radius 3 is 2.32 bits per heavy atom. The summed E-state index contributed by atoms with van der Waals surface area (Å²) in [6, 6.07) is 11.6. The van der Waals surface area contributed by atoms with Gasteiger partial charge in [-0.15, -0.1) is 0 Å². The van der Waals surface area contributed by atoms with Gasteiger partial charge in [0.1, 0.15) is 22.8 Å². The normalized spacial score (nSPS) is 13.6. The van der Waals surface area contributed by atoms with Crippen molar-refractivity contribution in [3.63, 3.8) is 0 Å². The lowest BCUT2D eigenvalue weighted by molar-refractivity contribution is -0.377. The average molecular weight is 711 g/mol. The van der Waals surface area contributed by atoms with Gasteiger partial charge in [0.25, 0.3) is 0 Å². The van der Waals surface area contributed by atoms with Crippen molar-refractivity contribution in [1.29, 1.82) is 0 Å². The minimum absolute atomic E-state index is 0.0188. The van der Waals surface area contributed by atoms with Gasteiger partial charge < -0.3 is 23.1 Å². The summed E-state index contributed by atoms with van der Waals surface area (Å²) in [5.74, 6) is -0.853. The van der Waals surface area contributed by atoms with E-state index in [0.717, 1.165) is 24.7 Å². The molecule has 47 heavy (non-hydrogen) atoms. The van der Waals surface area contributed by atoms with Crippen molar-refractivity contribution in [3.05, 3.63) is 106 Å². The fraction of sp³-hybridized carbons (Fsp3) is 0.281. The Morgan fingerprint density at radius 2 is 1.66 bits per heavy atom. The number of nitrogens with zero attached hydrogens (tertiary/aromatic N) is 1. The highest BCUT2D eigenvalue weighted by atomic mass is 35.5. The molecule has 15 heteroatoms. The Hall–Kier alpha value is -4.20. The predicted molar refractivity (Wildman–Crippen MR) is 167 cm³/mol. The van der Waals surface area contributed by atoms with Gasteiger partial charge in [-0.05, 0) is 66.3 Å². The summed E-state index contributed by atoms with van der Waals surface area (Å²) < 4.78 is 77.8. The van der Waals surface area contributed by atoms with Crippen molar-refractivity contribution in [2.24, 2.45) is 5.92 Å². The second-order valence-electron chi connectivity index (χ2n) is 10.7. The maximum Gasteiger partial charge on any atom is 0.387 e. The van der Waals surface area contributed by atoms with E-state index in [2.05, 4.69) is 14.7 Å². The van der Waals surface area contributed by atoms with Gasteiger partial charge in [0, 0.05) is 30.4 Å². The molecule has 5 rings (SSSR count). The van der Waals surface area contributed by atoms with Crippen LogP contribution >= 0.6 is 23.2 Å². The van der Waals surface area contributed by atoms with Crippen LogP contribution in [0.2, 0.25) is 10.0 Å². The van der Waals surface area contributed by atoms with E-state index in [9.17, 15) is 22.0 Å². The lowest BCUT2D eigenvalue weighted by atomic mass is 10.0. The number of ether oxygens (including phenoxy) is 4. The maximum absolute atomic E-state index is 13.6. The van der Waals surface area contributed by atoms with E-state index >= 15 is 0 Å². The molecule has 4 aromatic rings. The van der Waals surface area contributed by atoms with Gasteiger partial charge in [0.2, 0.25) is 0 Å². The molecule has 10 nitrogen and oxygen atoms in total. The van der Waals surface area contributed by atoms with Crippen LogP contribution in [0.5, 0.6) is 23.0 Å². The van der Waals surface area contributed by atoms with E-state index in [-0.39, 0.29) is 51.6 Å². The molecule has 1 fully saturated rings. The number of hydrogen-bond donors (Lipinski definition) is 0. The Kier molecular flexibility index (Phi) is 11.0. The molecule has 2 heterocycles. The molecule has 1 atom stereocenters. The summed E-state index contributed by atoms with van der Waals surface area (Å²) in [7, 11) is -4.02. The van der Waals surface area contributed by atoms with Crippen LogP contribution in [0, 0.1) is 5.92 Å². The van der Waals surface area contributed by atoms with Crippen LogP contribution in [0.25, 0.3) is 0 Å². The van der Waals surface area contributed by atoms with Crippen molar-refractivity contribution in [3.8, 4) is 23.0 Å². The number of rotatable bonds is 15. The molecule has 1 aliphatic carbocycles. The van der Waals surface area contributed by atoms with Crippen LogP contribution in [0.4, 0.5) is 8.78 Å². The summed E-state index contributed by atoms with van der Waals surface area (Å²) in [5.41, 5.74) is 1.51. The number of nitrogens with one attached hydrogen (secondary N) is 1. The molecule has 0 spiro atoms. The highest BCUT2D eigenvalue weighted by Gasteiger charge is 2.27. The van der Waals surface area contributed by atoms with Crippen LogP contribution in [0.1, 0.15) is 46.0 Å². The first-order valence-electron chi connectivity index (χ1n) is 14.3. The third kappa shape index (κ3) is 9.90. The molecule has 0 saturated heterocycles. The van der Waals surface area contributed by atoms with Crippen molar-refractivity contribution < 1.29 is 50.1 Å². The summed E-state index contributed by atoms with van der Waals surface area (Å²) in [4.78, 5) is 20.4. The standard InChI is InChI=1S/C32H28Cl2F2N2O8S/c1-47(40,41)46-30-13-22(5-6-26(30)42-18-20-8-10-37-11-9-20)31(39)44-28(14-23-24(33)15-38-16-25(23)34)21-4-7-27(45-32(35)36)29(12-21)43-17-19-2-3-19/h4-13,15-16,19,28,32H,2-3,14,17-18H2,1H3/p+1/t28-/m0/s1. The van der Waals surface area contributed by atoms with E-state index in [1.165, 1.54) is 48.8 Å². The first-order valence-corrected chi connectivity index (χ1v) is 16.8. The second kappa shape index (κ2) is 15.1. The number of benzene rings is 2. The van der Waals surface area contributed by atoms with Crippen molar-refractivity contribution >= 4 is 39.3 Å². The largest absolute Gasteiger partial charge is 0.489 e. The number of H-pyrrole nitrogens is 1. The van der Waals surface area contributed by atoms with Gasteiger partial charge in [-0.3, -0.25) is 4.98 Å². The van der Waals surface area contributed by atoms with Crippen LogP contribution < -0.4 is 23.4 Å². The van der Waals surface area contributed by atoms with Crippen LogP contribution in [-0.2, 0) is 27.9 Å². The number of pyridine rings is 2. The number of aromatic nitrogens is 2. The number of hydrogen-bond acceptors (Lipinski definition) is 9. The number of alkyl halides is 2. The molecule has 1 N–H and O–H groups in total. The van der Waals surface area contributed by atoms with Crippen LogP contribution in [-0.4, -0.2) is 38.8 Å². The highest BCUT2D eigenvalue weighted by molar-refractivity contribution is 7.86. The number of aromatic amines is 1. The topological polar surface area (TPSA) is 124 Å². The molecule has 0 bridgehead atoms. The first kappa shape index (κ1) is 34.1. The molecule has 0 unspecified atom stereocenters. The molecule has 1 saturated carbocycles. The van der Waals surface area contributed by atoms with E-state index in [0.29, 0.717) is 23.7 Å². The summed E-state index contributed by atoms with van der Waals surface area (Å²) >= 11 is 12.8. The van der Waals surface area contributed by atoms with Crippen molar-refractivity contribution in [2.45, 2.75) is 38.6 Å². The van der Waals surface area contributed by atoms with Gasteiger partial charge in [0.05, 0.1) is 18.4 Å². The zero-order valence-electron chi connectivity index (χ0n) is 24.8. The van der Waals surface area contributed by atoms with E-state index in [1.54, 1.807) is 24.5 Å². The third-order valence-corrected chi connectivity index (χ3v) is 8.08. The molecular formula is C32H29Cl2F2N2O8S+. The van der Waals surface area contributed by atoms with E-state index < -0.39 is 28.8 Å². The Bertz CT molecular complexity index is 1810. The third-order valence-electron chi connectivity index (χ3n) is 6.93. The van der Waals surface area contributed by atoms with Crippen LogP contribution in [0.3, 0.4) is 0 Å². The van der Waals surface area contributed by atoms with E-state index in [4.69, 9.17) is 41.6 Å². The molecule has 2 aromatic heterocycles. The lowest BCUT2D eigenvalue weighted by Gasteiger charge is -2.21. The van der Waals surface area contributed by atoms with Gasteiger partial charge >= 0.3 is 22.7 Å². The molecule has 1 aliphatic rings. The van der Waals surface area contributed by atoms with Gasteiger partial charge in [-0.25, -0.2) is 9.78 Å². The lowest BCUT2D eigenvalue weighted by Crippen LogP contribution is -2.16. The Balaban J connectivity index is 1.46. The van der Waals surface area contributed by atoms with Gasteiger partial charge in [0.15, 0.2) is 35.4 Å². The summed E-state index contributed by atoms with van der Waals surface area (Å²) in [5, 5.41) is 0.530. The Labute approximate surface area is 279 Å². The van der Waals surface area contributed by atoms with Crippen molar-refractivity contribution in [2.75, 3.05) is 12.9 Å². The monoisotopic (exact) mass is 709 g/mol. The van der Waals surface area contributed by atoms with Gasteiger partial charge in [-0.1, -0.05) is 29.3 Å². The predicted octanol–water partition coefficient (Wildman–Crippen LogP) is 6.65. The van der Waals surface area contributed by atoms with Crippen molar-refractivity contribution in [1.82, 2.24) is 4.98 Å². The fourth-order valence-electron chi connectivity index (χ4n) is 4.43. The first-order chi connectivity index (χ1) is 22.4. The minimum Gasteiger partial charge on any atom is -0.489 e. The quantitative estimate of drug-likeness (QED) is 0.0986. The number of esters is 1. The summed E-state index contributed by atoms with van der Waals surface area (Å²) in [6.07, 6.45) is 7.87. The highest BCUT2D eigenvalue weighted by Crippen LogP contribution is 2.38. The molecule has 248 valence electrons. The Morgan fingerprint density at radius 1 is 0.957 bits per heavy atom. The number of halogens is 4. The van der Waals surface area contributed by atoms with E-state index in [1.807, 2.05) is 0 Å². The fourth-order valence-corrected chi connectivity index (χ4v) is 5.42. The van der Waals surface area contributed by atoms with Gasteiger partial charge in [-0.2, -0.15) is 17.2 Å². The second-order valence-corrected chi connectivity index (χ2v) is 13.0. The summed E-state index contributed by atoms with van der Waals surface area (Å²) in [6.45, 7) is -2.71. The molecular weight excluding hydrogens is 681 g/mol. The molecule has 2 aromatic carbocycles. The zero-order valence-corrected chi connectivity index (χ0v) is 27.2. The maximum atomic E-state index is 13.6. The number of carbonyl (C=O) groups is 1. The molecule has 0 aliphatic heterocycles. The smallest absolute Gasteiger partial charge is 0.387 e. The average Bonchev–Trinajstić information content (AvgIpc) is 3.85. The zero-order chi connectivity index (χ0) is 33.6.